The molecule has 3 aromatic heterocycles. The fraction of sp³-hybridized carbons (Fsp3) is 0.240. The van der Waals surface area contributed by atoms with Crippen LogP contribution in [0.1, 0.15) is 33.2 Å². The van der Waals surface area contributed by atoms with E-state index >= 15 is 0 Å². The largest absolute Gasteiger partial charge is 0.462 e. The first kappa shape index (κ1) is 23.1. The van der Waals surface area contributed by atoms with Gasteiger partial charge in [-0.2, -0.15) is 4.99 Å². The van der Waals surface area contributed by atoms with Crippen LogP contribution in [0.5, 0.6) is 0 Å². The van der Waals surface area contributed by atoms with Crippen molar-refractivity contribution in [2.24, 2.45) is 4.99 Å². The van der Waals surface area contributed by atoms with Gasteiger partial charge in [0.1, 0.15) is 16.9 Å². The molecule has 0 spiro atoms. The smallest absolute Gasteiger partial charge is 0.341 e. The summed E-state index contributed by atoms with van der Waals surface area (Å²) < 4.78 is 13.4. The first-order valence-corrected chi connectivity index (χ1v) is 10.8. The molecular weight excluding hydrogens is 436 g/mol. The van der Waals surface area contributed by atoms with Gasteiger partial charge in [0.25, 0.3) is 11.5 Å². The lowest BCUT2D eigenvalue weighted by atomic mass is 10.1. The van der Waals surface area contributed by atoms with Gasteiger partial charge in [-0.25, -0.2) is 9.78 Å². The highest BCUT2D eigenvalue weighted by Gasteiger charge is 2.20. The second-order valence-corrected chi connectivity index (χ2v) is 7.56. The van der Waals surface area contributed by atoms with Crippen LogP contribution in [0.25, 0.3) is 16.7 Å². The van der Waals surface area contributed by atoms with Gasteiger partial charge in [-0.15, -0.1) is 0 Å². The van der Waals surface area contributed by atoms with Crippen LogP contribution in [0.15, 0.2) is 64.5 Å². The molecule has 174 valence electrons. The second-order valence-electron chi connectivity index (χ2n) is 7.56. The van der Waals surface area contributed by atoms with Crippen molar-refractivity contribution in [2.75, 3.05) is 20.3 Å². The third-order valence-electron chi connectivity index (χ3n) is 5.39. The van der Waals surface area contributed by atoms with Crippen molar-refractivity contribution in [2.45, 2.75) is 20.4 Å². The molecule has 0 unspecified atom stereocenters. The van der Waals surface area contributed by atoms with Gasteiger partial charge in [0.15, 0.2) is 5.49 Å². The van der Waals surface area contributed by atoms with Crippen LogP contribution in [-0.4, -0.2) is 46.2 Å². The molecule has 0 aliphatic heterocycles. The highest BCUT2D eigenvalue weighted by Crippen LogP contribution is 2.13. The van der Waals surface area contributed by atoms with E-state index in [-0.39, 0.29) is 47.4 Å². The van der Waals surface area contributed by atoms with Crippen LogP contribution in [-0.2, 0) is 16.0 Å². The van der Waals surface area contributed by atoms with E-state index in [1.165, 1.54) is 17.6 Å². The fourth-order valence-corrected chi connectivity index (χ4v) is 3.72. The van der Waals surface area contributed by atoms with Crippen LogP contribution < -0.4 is 11.0 Å². The van der Waals surface area contributed by atoms with E-state index in [2.05, 4.69) is 9.98 Å². The van der Waals surface area contributed by atoms with Gasteiger partial charge in [-0.05, 0) is 43.7 Å². The molecule has 9 heteroatoms. The van der Waals surface area contributed by atoms with Crippen molar-refractivity contribution in [3.8, 4) is 0 Å². The van der Waals surface area contributed by atoms with Gasteiger partial charge < -0.3 is 14.0 Å². The van der Waals surface area contributed by atoms with Crippen LogP contribution in [0.2, 0.25) is 0 Å². The minimum absolute atomic E-state index is 0.00201. The number of amides is 1. The summed E-state index contributed by atoms with van der Waals surface area (Å²) in [7, 11) is 1.53. The maximum absolute atomic E-state index is 13.3. The molecule has 0 aliphatic rings. The molecule has 0 atom stereocenters. The number of ether oxygens (including phenoxy) is 2. The number of pyridine rings is 2. The lowest BCUT2D eigenvalue weighted by molar-refractivity contribution is 0.0523. The molecular formula is C25H24N4O5. The van der Waals surface area contributed by atoms with Crippen LogP contribution in [0.3, 0.4) is 0 Å². The molecule has 1 amide bonds. The second kappa shape index (κ2) is 9.80. The van der Waals surface area contributed by atoms with Crippen molar-refractivity contribution >= 4 is 28.6 Å². The Labute approximate surface area is 194 Å². The van der Waals surface area contributed by atoms with Gasteiger partial charge in [-0.3, -0.25) is 14.0 Å². The van der Waals surface area contributed by atoms with Gasteiger partial charge in [0.05, 0.1) is 18.6 Å². The van der Waals surface area contributed by atoms with E-state index < -0.39 is 11.9 Å². The van der Waals surface area contributed by atoms with Crippen molar-refractivity contribution in [1.29, 1.82) is 0 Å². The number of nitrogens with zero attached hydrogens (tertiary/aromatic N) is 4. The Bertz CT molecular complexity index is 1530. The summed E-state index contributed by atoms with van der Waals surface area (Å²) in [6.07, 6.45) is 1.60. The van der Waals surface area contributed by atoms with E-state index in [1.807, 2.05) is 19.1 Å². The maximum Gasteiger partial charge on any atom is 0.341 e. The Hall–Kier alpha value is -4.11. The molecule has 1 aromatic carbocycles. The maximum atomic E-state index is 13.3. The predicted molar refractivity (Wildman–Crippen MR) is 126 cm³/mol. The Morgan fingerprint density at radius 1 is 1.09 bits per heavy atom. The molecule has 4 aromatic rings. The van der Waals surface area contributed by atoms with Crippen LogP contribution in [0, 0.1) is 6.92 Å². The van der Waals surface area contributed by atoms with Crippen molar-refractivity contribution < 1.29 is 19.1 Å². The van der Waals surface area contributed by atoms with E-state index in [9.17, 15) is 14.4 Å². The highest BCUT2D eigenvalue weighted by atomic mass is 16.5. The summed E-state index contributed by atoms with van der Waals surface area (Å²) in [5, 5.41) is 0.199. The number of hydrogen-bond donors (Lipinski definition) is 0. The zero-order chi connectivity index (χ0) is 24.2. The number of carbonyl (C=O) groups is 2. The van der Waals surface area contributed by atoms with Crippen LogP contribution in [0.4, 0.5) is 0 Å². The van der Waals surface area contributed by atoms with Crippen molar-refractivity contribution in [3.63, 3.8) is 0 Å². The molecule has 9 nitrogen and oxygen atoms in total. The number of carbonyl (C=O) groups excluding carboxylic acids is 2. The monoisotopic (exact) mass is 460 g/mol. The Kier molecular flexibility index (Phi) is 6.65. The molecule has 0 saturated carbocycles. The van der Waals surface area contributed by atoms with E-state index in [1.54, 1.807) is 48.0 Å². The average Bonchev–Trinajstić information content (AvgIpc) is 2.83. The molecule has 0 radical (unpaired) electrons. The van der Waals surface area contributed by atoms with Gasteiger partial charge >= 0.3 is 5.97 Å². The normalized spacial score (nSPS) is 11.8. The van der Waals surface area contributed by atoms with E-state index in [0.717, 1.165) is 5.56 Å². The molecule has 4 rings (SSSR count). The molecule has 0 saturated heterocycles. The van der Waals surface area contributed by atoms with Gasteiger partial charge in [-0.1, -0.05) is 24.3 Å². The standard InChI is InChI=1S/C25H24N4O5/c1-4-34-25(32)19-15-18-21(26-20-11-7-8-12-28(20)24(18)31)29(13-14-33-3)22(19)27-23(30)17-10-6-5-9-16(17)2/h5-12,15H,4,13-14H2,1-3H3. The number of methoxy groups -OCH3 is 1. The number of hydrogen-bond acceptors (Lipinski definition) is 6. The Morgan fingerprint density at radius 2 is 1.85 bits per heavy atom. The van der Waals surface area contributed by atoms with Crippen molar-refractivity contribution in [1.82, 2.24) is 14.0 Å². The fourth-order valence-electron chi connectivity index (χ4n) is 3.72. The molecule has 0 aliphatic carbocycles. The summed E-state index contributed by atoms with van der Waals surface area (Å²) in [6, 6.07) is 13.6. The molecule has 0 fully saturated rings. The zero-order valence-corrected chi connectivity index (χ0v) is 19.1. The number of benzene rings is 1. The first-order chi connectivity index (χ1) is 16.5. The highest BCUT2D eigenvalue weighted by molar-refractivity contribution is 5.98. The Morgan fingerprint density at radius 3 is 2.59 bits per heavy atom. The summed E-state index contributed by atoms with van der Waals surface area (Å²) in [4.78, 5) is 48.3. The van der Waals surface area contributed by atoms with E-state index in [0.29, 0.717) is 11.2 Å². The topological polar surface area (TPSA) is 104 Å². The third kappa shape index (κ3) is 4.25. The SMILES string of the molecule is CCOC(=O)c1cc2c(=O)n3ccccc3nc2n(CCOC)c1=NC(=O)c1ccccc1C. The third-order valence-corrected chi connectivity index (χ3v) is 5.39. The summed E-state index contributed by atoms with van der Waals surface area (Å²) in [6.45, 7) is 4.05. The number of aromatic nitrogens is 3. The summed E-state index contributed by atoms with van der Waals surface area (Å²) in [5.74, 6) is -1.21. The average molecular weight is 460 g/mol. The summed E-state index contributed by atoms with van der Waals surface area (Å²) in [5.41, 5.74) is 1.58. The quantitative estimate of drug-likeness (QED) is 0.324. The van der Waals surface area contributed by atoms with Gasteiger partial charge in [0, 0.05) is 25.4 Å². The van der Waals surface area contributed by atoms with E-state index in [4.69, 9.17) is 9.47 Å². The minimum Gasteiger partial charge on any atom is -0.462 e. The number of aryl methyl sites for hydroxylation is 1. The lowest BCUT2D eigenvalue weighted by Crippen LogP contribution is -2.33. The first-order valence-electron chi connectivity index (χ1n) is 10.8. The summed E-state index contributed by atoms with van der Waals surface area (Å²) >= 11 is 0. The Balaban J connectivity index is 2.13. The minimum atomic E-state index is -0.690. The molecule has 3 heterocycles. The molecule has 0 bridgehead atoms. The number of fused-ring (bicyclic) bond motifs is 2. The van der Waals surface area contributed by atoms with Crippen molar-refractivity contribution in [3.05, 3.63) is 87.3 Å². The number of esters is 1. The lowest BCUT2D eigenvalue weighted by Gasteiger charge is -2.15. The predicted octanol–water partition coefficient (Wildman–Crippen LogP) is 2.52. The van der Waals surface area contributed by atoms with Crippen LogP contribution >= 0.6 is 0 Å². The molecule has 34 heavy (non-hydrogen) atoms. The molecule has 0 N–H and O–H groups in total. The number of rotatable bonds is 6. The zero-order valence-electron chi connectivity index (χ0n) is 19.1. The van der Waals surface area contributed by atoms with Gasteiger partial charge in [0.2, 0.25) is 0 Å².